The Labute approximate surface area is 79.0 Å². The van der Waals surface area contributed by atoms with Crippen LogP contribution in [0, 0.1) is 0 Å². The molecular formula is C12H14O. The molecule has 1 N–H and O–H groups in total. The van der Waals surface area contributed by atoms with Crippen LogP contribution in [0.2, 0.25) is 0 Å². The highest BCUT2D eigenvalue weighted by molar-refractivity contribution is 5.22. The lowest BCUT2D eigenvalue weighted by molar-refractivity contribution is 0.144. The second kappa shape index (κ2) is 4.06. The van der Waals surface area contributed by atoms with Crippen molar-refractivity contribution in [2.24, 2.45) is 0 Å². The fourth-order valence-corrected chi connectivity index (χ4v) is 1.15. The molecule has 0 aliphatic rings. The molecule has 0 saturated heterocycles. The third-order valence-corrected chi connectivity index (χ3v) is 2.04. The summed E-state index contributed by atoms with van der Waals surface area (Å²) in [6.45, 7) is 7.16. The van der Waals surface area contributed by atoms with Gasteiger partial charge in [-0.15, -0.1) is 0 Å². The summed E-state index contributed by atoms with van der Waals surface area (Å²) >= 11 is 0. The van der Waals surface area contributed by atoms with Gasteiger partial charge in [0, 0.05) is 6.42 Å². The largest absolute Gasteiger partial charge is 0.381 e. The van der Waals surface area contributed by atoms with Crippen LogP contribution in [0.3, 0.4) is 0 Å². The van der Waals surface area contributed by atoms with E-state index in [4.69, 9.17) is 0 Å². The molecule has 1 rings (SSSR count). The molecule has 0 aromatic heterocycles. The predicted molar refractivity (Wildman–Crippen MR) is 55.5 cm³/mol. The average Bonchev–Trinajstić information content (AvgIpc) is 2.19. The van der Waals surface area contributed by atoms with Gasteiger partial charge in [-0.05, 0) is 5.56 Å². The first kappa shape index (κ1) is 9.75. The van der Waals surface area contributed by atoms with E-state index in [9.17, 15) is 5.11 Å². The summed E-state index contributed by atoms with van der Waals surface area (Å²) in [7, 11) is 0. The zero-order valence-corrected chi connectivity index (χ0v) is 7.61. The monoisotopic (exact) mass is 174 g/mol. The maximum Gasteiger partial charge on any atom is 0.104 e. The van der Waals surface area contributed by atoms with Crippen LogP contribution in [0.5, 0.6) is 0 Å². The smallest absolute Gasteiger partial charge is 0.104 e. The molecule has 68 valence electrons. The Hall–Kier alpha value is -1.34. The molecule has 0 radical (unpaired) electrons. The number of hydrogen-bond acceptors (Lipinski definition) is 1. The van der Waals surface area contributed by atoms with Gasteiger partial charge in [-0.2, -0.15) is 0 Å². The Morgan fingerprint density at radius 3 is 2.15 bits per heavy atom. The molecule has 13 heavy (non-hydrogen) atoms. The van der Waals surface area contributed by atoms with Gasteiger partial charge < -0.3 is 5.11 Å². The van der Waals surface area contributed by atoms with Crippen molar-refractivity contribution < 1.29 is 5.11 Å². The van der Waals surface area contributed by atoms with Gasteiger partial charge in [0.25, 0.3) is 0 Å². The van der Waals surface area contributed by atoms with Crippen LogP contribution in [0.1, 0.15) is 5.56 Å². The maximum absolute atomic E-state index is 9.85. The van der Waals surface area contributed by atoms with Crippen molar-refractivity contribution in [1.29, 1.82) is 0 Å². The molecule has 1 heteroatoms. The van der Waals surface area contributed by atoms with Gasteiger partial charge in [-0.1, -0.05) is 55.6 Å². The lowest BCUT2D eigenvalue weighted by atomic mass is 9.95. The molecule has 0 spiro atoms. The van der Waals surface area contributed by atoms with E-state index in [1.165, 1.54) is 12.2 Å². The van der Waals surface area contributed by atoms with Crippen LogP contribution in [0.4, 0.5) is 0 Å². The molecule has 0 aliphatic heterocycles. The summed E-state index contributed by atoms with van der Waals surface area (Å²) in [6.07, 6.45) is 3.54. The van der Waals surface area contributed by atoms with E-state index in [0.717, 1.165) is 5.56 Å². The zero-order valence-electron chi connectivity index (χ0n) is 7.61. The molecule has 0 amide bonds. The SMILES string of the molecule is C=CC(O)(C=C)Cc1ccccc1. The van der Waals surface area contributed by atoms with Crippen LogP contribution in [0.15, 0.2) is 55.6 Å². The van der Waals surface area contributed by atoms with Crippen molar-refractivity contribution in [3.05, 3.63) is 61.2 Å². The lowest BCUT2D eigenvalue weighted by Gasteiger charge is -2.19. The molecule has 1 nitrogen and oxygen atoms in total. The highest BCUT2D eigenvalue weighted by Crippen LogP contribution is 2.15. The highest BCUT2D eigenvalue weighted by Gasteiger charge is 2.17. The van der Waals surface area contributed by atoms with Crippen LogP contribution < -0.4 is 0 Å². The van der Waals surface area contributed by atoms with E-state index in [2.05, 4.69) is 13.2 Å². The number of hydrogen-bond donors (Lipinski definition) is 1. The molecule has 1 aromatic carbocycles. The normalized spacial score (nSPS) is 10.8. The van der Waals surface area contributed by atoms with Crippen LogP contribution in [-0.2, 0) is 6.42 Å². The lowest BCUT2D eigenvalue weighted by Crippen LogP contribution is -2.25. The Kier molecular flexibility index (Phi) is 3.04. The van der Waals surface area contributed by atoms with Gasteiger partial charge in [0.05, 0.1) is 0 Å². The highest BCUT2D eigenvalue weighted by atomic mass is 16.3. The predicted octanol–water partition coefficient (Wildman–Crippen LogP) is 2.33. The summed E-state index contributed by atoms with van der Waals surface area (Å²) in [4.78, 5) is 0. The Morgan fingerprint density at radius 1 is 1.15 bits per heavy atom. The standard InChI is InChI=1S/C12H14O/c1-3-12(13,4-2)10-11-8-6-5-7-9-11/h3-9,13H,1-2,10H2. The number of rotatable bonds is 4. The first-order chi connectivity index (χ1) is 6.20. The third kappa shape index (κ3) is 2.56. The van der Waals surface area contributed by atoms with Crippen molar-refractivity contribution in [3.8, 4) is 0 Å². The minimum Gasteiger partial charge on any atom is -0.381 e. The van der Waals surface area contributed by atoms with Crippen LogP contribution in [-0.4, -0.2) is 10.7 Å². The molecule has 0 fully saturated rings. The first-order valence-electron chi connectivity index (χ1n) is 4.24. The Bertz CT molecular complexity index is 279. The Balaban J connectivity index is 2.79. The summed E-state index contributed by atoms with van der Waals surface area (Å²) < 4.78 is 0. The number of aliphatic hydroxyl groups is 1. The third-order valence-electron chi connectivity index (χ3n) is 2.04. The van der Waals surface area contributed by atoms with Gasteiger partial charge >= 0.3 is 0 Å². The van der Waals surface area contributed by atoms with Crippen molar-refractivity contribution in [2.45, 2.75) is 12.0 Å². The molecule has 0 unspecified atom stereocenters. The molecule has 0 saturated carbocycles. The second-order valence-electron chi connectivity index (χ2n) is 3.06. The van der Waals surface area contributed by atoms with Gasteiger partial charge in [-0.3, -0.25) is 0 Å². The summed E-state index contributed by atoms with van der Waals surface area (Å²) in [5.74, 6) is 0. The average molecular weight is 174 g/mol. The molecule has 0 bridgehead atoms. The maximum atomic E-state index is 9.85. The van der Waals surface area contributed by atoms with E-state index in [-0.39, 0.29) is 0 Å². The van der Waals surface area contributed by atoms with Crippen molar-refractivity contribution >= 4 is 0 Å². The fourth-order valence-electron chi connectivity index (χ4n) is 1.15. The fraction of sp³-hybridized carbons (Fsp3) is 0.167. The Morgan fingerprint density at radius 2 is 1.69 bits per heavy atom. The van der Waals surface area contributed by atoms with Crippen LogP contribution in [0.25, 0.3) is 0 Å². The molecule has 0 atom stereocenters. The van der Waals surface area contributed by atoms with Crippen molar-refractivity contribution in [3.63, 3.8) is 0 Å². The molecule has 1 aromatic rings. The summed E-state index contributed by atoms with van der Waals surface area (Å²) in [5.41, 5.74) is 0.0891. The van der Waals surface area contributed by atoms with Gasteiger partial charge in [-0.25, -0.2) is 0 Å². The van der Waals surface area contributed by atoms with E-state index in [0.29, 0.717) is 6.42 Å². The minimum atomic E-state index is -0.985. The molecule has 0 aliphatic carbocycles. The minimum absolute atomic E-state index is 0.529. The van der Waals surface area contributed by atoms with Crippen LogP contribution >= 0.6 is 0 Å². The molecular weight excluding hydrogens is 160 g/mol. The van der Waals surface area contributed by atoms with Gasteiger partial charge in [0.1, 0.15) is 5.60 Å². The quantitative estimate of drug-likeness (QED) is 0.694. The summed E-state index contributed by atoms with van der Waals surface area (Å²) in [6, 6.07) is 9.78. The van der Waals surface area contributed by atoms with Gasteiger partial charge in [0.15, 0.2) is 0 Å². The number of benzene rings is 1. The van der Waals surface area contributed by atoms with Gasteiger partial charge in [0.2, 0.25) is 0 Å². The second-order valence-corrected chi connectivity index (χ2v) is 3.06. The first-order valence-corrected chi connectivity index (χ1v) is 4.24. The topological polar surface area (TPSA) is 20.2 Å². The van der Waals surface area contributed by atoms with Crippen molar-refractivity contribution in [1.82, 2.24) is 0 Å². The van der Waals surface area contributed by atoms with E-state index in [1.807, 2.05) is 30.3 Å². The summed E-state index contributed by atoms with van der Waals surface area (Å²) in [5, 5.41) is 9.85. The van der Waals surface area contributed by atoms with E-state index >= 15 is 0 Å². The van der Waals surface area contributed by atoms with Crippen molar-refractivity contribution in [2.75, 3.05) is 0 Å². The van der Waals surface area contributed by atoms with E-state index < -0.39 is 5.60 Å². The zero-order chi connectivity index (χ0) is 9.73. The van der Waals surface area contributed by atoms with E-state index in [1.54, 1.807) is 0 Å². The molecule has 0 heterocycles.